The van der Waals surface area contributed by atoms with Crippen molar-refractivity contribution in [3.05, 3.63) is 41.4 Å². The monoisotopic (exact) mass is 377 g/mol. The standard InChI is InChI=1S/C16H20ClN3O.2ClH/c1-11-9-20(6-5-14(11)18)10-16-19-8-15(21-16)12-3-2-4-13(17)7-12;;/h2-4,7-8,11,14H,5-6,9-10,18H2,1H3;2*1H. The summed E-state index contributed by atoms with van der Waals surface area (Å²) < 4.78 is 5.85. The fourth-order valence-corrected chi connectivity index (χ4v) is 2.93. The summed E-state index contributed by atoms with van der Waals surface area (Å²) in [4.78, 5) is 6.73. The van der Waals surface area contributed by atoms with Gasteiger partial charge in [-0.3, -0.25) is 4.90 Å². The molecule has 2 unspecified atom stereocenters. The maximum Gasteiger partial charge on any atom is 0.209 e. The lowest BCUT2D eigenvalue weighted by Gasteiger charge is -2.34. The summed E-state index contributed by atoms with van der Waals surface area (Å²) in [6, 6.07) is 7.92. The van der Waals surface area contributed by atoms with Gasteiger partial charge in [-0.25, -0.2) is 4.98 Å². The number of aromatic nitrogens is 1. The van der Waals surface area contributed by atoms with Gasteiger partial charge in [0.15, 0.2) is 5.76 Å². The summed E-state index contributed by atoms with van der Waals surface area (Å²) in [5.41, 5.74) is 7.00. The molecule has 0 radical (unpaired) electrons. The molecule has 0 spiro atoms. The minimum absolute atomic E-state index is 0. The lowest BCUT2D eigenvalue weighted by atomic mass is 9.95. The summed E-state index contributed by atoms with van der Waals surface area (Å²) in [6.45, 7) is 4.93. The molecule has 128 valence electrons. The van der Waals surface area contributed by atoms with E-state index in [1.54, 1.807) is 6.20 Å². The molecule has 2 heterocycles. The van der Waals surface area contributed by atoms with Crippen molar-refractivity contribution < 1.29 is 4.42 Å². The van der Waals surface area contributed by atoms with Crippen molar-refractivity contribution in [2.75, 3.05) is 13.1 Å². The second-order valence-electron chi connectivity index (χ2n) is 5.79. The number of piperidine rings is 1. The van der Waals surface area contributed by atoms with E-state index < -0.39 is 0 Å². The molecule has 2 aromatic rings. The van der Waals surface area contributed by atoms with Crippen LogP contribution in [0.15, 0.2) is 34.9 Å². The van der Waals surface area contributed by atoms with E-state index in [9.17, 15) is 0 Å². The number of nitrogens with two attached hydrogens (primary N) is 1. The number of halogens is 3. The van der Waals surface area contributed by atoms with Crippen LogP contribution in [0, 0.1) is 5.92 Å². The predicted molar refractivity (Wildman–Crippen MR) is 98.5 cm³/mol. The number of likely N-dealkylation sites (tertiary alicyclic amines) is 1. The Kier molecular flexibility index (Phi) is 7.84. The van der Waals surface area contributed by atoms with Crippen molar-refractivity contribution in [3.63, 3.8) is 0 Å². The van der Waals surface area contributed by atoms with Crippen LogP contribution in [0.4, 0.5) is 0 Å². The molecule has 1 aromatic carbocycles. The molecule has 1 fully saturated rings. The van der Waals surface area contributed by atoms with E-state index in [2.05, 4.69) is 16.8 Å². The predicted octanol–water partition coefficient (Wildman–Crippen LogP) is 4.01. The van der Waals surface area contributed by atoms with Crippen molar-refractivity contribution in [1.29, 1.82) is 0 Å². The molecule has 0 bridgehead atoms. The highest BCUT2D eigenvalue weighted by Gasteiger charge is 2.24. The normalized spacial score (nSPS) is 21.3. The lowest BCUT2D eigenvalue weighted by Crippen LogP contribution is -2.45. The van der Waals surface area contributed by atoms with Gasteiger partial charge in [0.1, 0.15) is 0 Å². The van der Waals surface area contributed by atoms with Crippen LogP contribution in [0.5, 0.6) is 0 Å². The highest BCUT2D eigenvalue weighted by molar-refractivity contribution is 6.30. The summed E-state index contributed by atoms with van der Waals surface area (Å²) >= 11 is 6.00. The summed E-state index contributed by atoms with van der Waals surface area (Å²) in [5.74, 6) is 2.02. The second-order valence-corrected chi connectivity index (χ2v) is 6.23. The minimum atomic E-state index is 0. The minimum Gasteiger partial charge on any atom is -0.439 e. The summed E-state index contributed by atoms with van der Waals surface area (Å²) in [5, 5.41) is 0.698. The molecule has 0 aliphatic carbocycles. The maximum absolute atomic E-state index is 6.05. The Hall–Kier alpha value is -0.780. The van der Waals surface area contributed by atoms with Gasteiger partial charge in [0.05, 0.1) is 12.7 Å². The average molecular weight is 379 g/mol. The SMILES string of the molecule is CC1CN(Cc2ncc(-c3cccc(Cl)c3)o2)CCC1N.Cl.Cl. The largest absolute Gasteiger partial charge is 0.439 e. The van der Waals surface area contributed by atoms with Crippen LogP contribution in [-0.4, -0.2) is 29.0 Å². The van der Waals surface area contributed by atoms with Gasteiger partial charge in [0.25, 0.3) is 0 Å². The van der Waals surface area contributed by atoms with Crippen molar-refractivity contribution >= 4 is 36.4 Å². The first-order chi connectivity index (χ1) is 10.1. The molecule has 7 heteroatoms. The van der Waals surface area contributed by atoms with Gasteiger partial charge in [0.2, 0.25) is 5.89 Å². The second kappa shape index (κ2) is 8.90. The zero-order chi connectivity index (χ0) is 14.8. The third kappa shape index (κ3) is 5.10. The summed E-state index contributed by atoms with van der Waals surface area (Å²) in [7, 11) is 0. The topological polar surface area (TPSA) is 55.3 Å². The van der Waals surface area contributed by atoms with Crippen LogP contribution >= 0.6 is 36.4 Å². The highest BCUT2D eigenvalue weighted by Crippen LogP contribution is 2.24. The van der Waals surface area contributed by atoms with Gasteiger partial charge in [-0.2, -0.15) is 0 Å². The number of rotatable bonds is 3. The first kappa shape index (κ1) is 20.3. The molecule has 1 saturated heterocycles. The molecule has 1 aliphatic rings. The van der Waals surface area contributed by atoms with Gasteiger partial charge in [-0.15, -0.1) is 24.8 Å². The van der Waals surface area contributed by atoms with Gasteiger partial charge in [-0.1, -0.05) is 30.7 Å². The first-order valence-corrected chi connectivity index (χ1v) is 7.68. The van der Waals surface area contributed by atoms with E-state index in [-0.39, 0.29) is 24.8 Å². The molecule has 3 rings (SSSR count). The zero-order valence-electron chi connectivity index (χ0n) is 12.9. The van der Waals surface area contributed by atoms with E-state index in [1.165, 1.54) is 0 Å². The highest BCUT2D eigenvalue weighted by atomic mass is 35.5. The third-order valence-corrected chi connectivity index (χ3v) is 4.31. The van der Waals surface area contributed by atoms with E-state index in [0.29, 0.717) is 17.0 Å². The van der Waals surface area contributed by atoms with E-state index in [4.69, 9.17) is 21.8 Å². The molecule has 2 atom stereocenters. The Bertz CT molecular complexity index is 620. The average Bonchev–Trinajstić information content (AvgIpc) is 2.91. The van der Waals surface area contributed by atoms with E-state index in [0.717, 1.165) is 43.3 Å². The molecule has 2 N–H and O–H groups in total. The van der Waals surface area contributed by atoms with Crippen LogP contribution in [0.2, 0.25) is 5.02 Å². The van der Waals surface area contributed by atoms with Gasteiger partial charge in [-0.05, 0) is 24.5 Å². The van der Waals surface area contributed by atoms with Crippen LogP contribution in [0.3, 0.4) is 0 Å². The quantitative estimate of drug-likeness (QED) is 0.877. The van der Waals surface area contributed by atoms with Crippen molar-refractivity contribution in [2.24, 2.45) is 11.7 Å². The molecule has 0 saturated carbocycles. The fourth-order valence-electron chi connectivity index (χ4n) is 2.74. The molecule has 1 aromatic heterocycles. The smallest absolute Gasteiger partial charge is 0.209 e. The number of hydrogen-bond donors (Lipinski definition) is 1. The van der Waals surface area contributed by atoms with Crippen molar-refractivity contribution in [3.8, 4) is 11.3 Å². The van der Waals surface area contributed by atoms with Crippen LogP contribution < -0.4 is 5.73 Å². The van der Waals surface area contributed by atoms with Crippen LogP contribution in [0.25, 0.3) is 11.3 Å². The number of benzene rings is 1. The van der Waals surface area contributed by atoms with Gasteiger partial charge < -0.3 is 10.2 Å². The molecule has 1 aliphatic heterocycles. The van der Waals surface area contributed by atoms with Gasteiger partial charge in [0, 0.05) is 29.7 Å². The zero-order valence-corrected chi connectivity index (χ0v) is 15.3. The molecule has 0 amide bonds. The number of oxazole rings is 1. The molecular weight excluding hydrogens is 357 g/mol. The first-order valence-electron chi connectivity index (χ1n) is 7.30. The number of hydrogen-bond acceptors (Lipinski definition) is 4. The summed E-state index contributed by atoms with van der Waals surface area (Å²) in [6.07, 6.45) is 2.79. The maximum atomic E-state index is 6.05. The Morgan fingerprint density at radius 1 is 1.39 bits per heavy atom. The Morgan fingerprint density at radius 3 is 2.87 bits per heavy atom. The van der Waals surface area contributed by atoms with E-state index in [1.807, 2.05) is 24.3 Å². The molecule has 23 heavy (non-hydrogen) atoms. The third-order valence-electron chi connectivity index (χ3n) is 4.08. The van der Waals surface area contributed by atoms with Crippen LogP contribution in [-0.2, 0) is 6.54 Å². The molecular formula is C16H22Cl3N3O. The number of nitrogens with zero attached hydrogens (tertiary/aromatic N) is 2. The molecule has 4 nitrogen and oxygen atoms in total. The Morgan fingerprint density at radius 2 is 2.17 bits per heavy atom. The Balaban J connectivity index is 0.00000132. The van der Waals surface area contributed by atoms with Crippen LogP contribution in [0.1, 0.15) is 19.2 Å². The lowest BCUT2D eigenvalue weighted by molar-refractivity contribution is 0.146. The fraction of sp³-hybridized carbons (Fsp3) is 0.438. The van der Waals surface area contributed by atoms with Gasteiger partial charge >= 0.3 is 0 Å². The van der Waals surface area contributed by atoms with Crippen molar-refractivity contribution in [1.82, 2.24) is 9.88 Å². The Labute approximate surface area is 154 Å². The van der Waals surface area contributed by atoms with E-state index >= 15 is 0 Å². The van der Waals surface area contributed by atoms with Crippen molar-refractivity contribution in [2.45, 2.75) is 25.9 Å².